The minimum absolute atomic E-state index is 0.0850. The predicted octanol–water partition coefficient (Wildman–Crippen LogP) is 0.806. The number of aromatic amines is 2. The third kappa shape index (κ3) is 3.99. The van der Waals surface area contributed by atoms with E-state index < -0.39 is 17.4 Å². The number of hydrogen-bond donors (Lipinski definition) is 5. The average molecular weight is 404 g/mol. The maximum Gasteiger partial charge on any atom is 0.292 e. The number of carbonyl (C=O) groups is 2. The average Bonchev–Trinajstić information content (AvgIpc) is 3.28. The maximum absolute atomic E-state index is 12.4. The molecular weight excluding hydrogens is 388 g/mol. The molecule has 2 aromatic carbocycles. The fraction of sp³-hybridized carbons (Fsp3) is 0.0526. The Balaban J connectivity index is 1.45. The fourth-order valence-corrected chi connectivity index (χ4v) is 2.79. The number of nitrogens with two attached hydrogens (primary N) is 1. The normalized spacial score (nSPS) is 10.7. The first-order valence-electron chi connectivity index (χ1n) is 8.83. The van der Waals surface area contributed by atoms with Crippen LogP contribution in [-0.4, -0.2) is 37.0 Å². The molecule has 0 unspecified atom stereocenters. The molecule has 0 bridgehead atoms. The summed E-state index contributed by atoms with van der Waals surface area (Å²) < 4.78 is 0. The molecule has 4 rings (SSSR count). The summed E-state index contributed by atoms with van der Waals surface area (Å²) >= 11 is 0. The molecule has 0 radical (unpaired) electrons. The predicted molar refractivity (Wildman–Crippen MR) is 109 cm³/mol. The summed E-state index contributed by atoms with van der Waals surface area (Å²) in [4.78, 5) is 47.1. The number of H-pyrrole nitrogens is 2. The number of nitrogens with zero attached hydrogens (tertiary/aromatic N) is 3. The largest absolute Gasteiger partial charge is 0.399 e. The lowest BCUT2D eigenvalue weighted by molar-refractivity contribution is 0.0939. The number of amides is 2. The Labute approximate surface area is 168 Å². The number of carbonyl (C=O) groups excluding carboxylic acids is 2. The van der Waals surface area contributed by atoms with E-state index in [0.717, 1.165) is 5.56 Å². The molecule has 0 aliphatic heterocycles. The maximum atomic E-state index is 12.4. The molecule has 0 saturated carbocycles. The second kappa shape index (κ2) is 7.83. The van der Waals surface area contributed by atoms with Crippen LogP contribution in [0.3, 0.4) is 0 Å². The Morgan fingerprint density at radius 1 is 1.07 bits per heavy atom. The first kappa shape index (κ1) is 18.8. The molecule has 0 aliphatic rings. The number of nitrogen functional groups attached to an aromatic ring is 1. The minimum atomic E-state index is -0.540. The van der Waals surface area contributed by atoms with Gasteiger partial charge in [0, 0.05) is 17.9 Å². The molecule has 11 nitrogen and oxygen atoms in total. The second-order valence-electron chi connectivity index (χ2n) is 6.36. The molecule has 0 atom stereocenters. The molecular formula is C19H16N8O3. The molecule has 0 spiro atoms. The zero-order valence-electron chi connectivity index (χ0n) is 15.5. The first-order chi connectivity index (χ1) is 14.5. The minimum Gasteiger partial charge on any atom is -0.399 e. The van der Waals surface area contributed by atoms with Gasteiger partial charge in [0.05, 0.1) is 10.9 Å². The highest BCUT2D eigenvalue weighted by molar-refractivity contribution is 6.01. The quantitative estimate of drug-likeness (QED) is 0.306. The van der Waals surface area contributed by atoms with E-state index in [2.05, 4.69) is 35.8 Å². The van der Waals surface area contributed by atoms with Gasteiger partial charge in [-0.05, 0) is 35.9 Å². The van der Waals surface area contributed by atoms with Crippen LogP contribution in [0.15, 0.2) is 53.6 Å². The molecule has 6 N–H and O–H groups in total. The van der Waals surface area contributed by atoms with Gasteiger partial charge in [-0.1, -0.05) is 12.1 Å². The number of fused-ring (bicyclic) bond motifs is 1. The van der Waals surface area contributed by atoms with E-state index in [1.807, 2.05) is 0 Å². The van der Waals surface area contributed by atoms with Crippen molar-refractivity contribution in [3.63, 3.8) is 0 Å². The van der Waals surface area contributed by atoms with Crippen LogP contribution < -0.4 is 21.9 Å². The standard InChI is InChI=1S/C19H16N8O3/c20-11-4-5-14-13(7-11)17(28)26-16(25-14)18(29)21-8-10-2-1-3-12(6-10)24-19(30)15-22-9-23-27-15/h1-7,9H,8,20H2,(H,21,29)(H,24,30)(H,22,23,27)(H,25,26,28). The Morgan fingerprint density at radius 2 is 1.93 bits per heavy atom. The van der Waals surface area contributed by atoms with Gasteiger partial charge in [-0.3, -0.25) is 19.5 Å². The smallest absolute Gasteiger partial charge is 0.292 e. The van der Waals surface area contributed by atoms with Crippen LogP contribution in [0.4, 0.5) is 11.4 Å². The van der Waals surface area contributed by atoms with Gasteiger partial charge < -0.3 is 21.4 Å². The molecule has 150 valence electrons. The van der Waals surface area contributed by atoms with Gasteiger partial charge in [-0.15, -0.1) is 0 Å². The summed E-state index contributed by atoms with van der Waals surface area (Å²) in [5.74, 6) is -0.997. The van der Waals surface area contributed by atoms with Crippen molar-refractivity contribution in [1.82, 2.24) is 30.5 Å². The summed E-state index contributed by atoms with van der Waals surface area (Å²) in [6.07, 6.45) is 1.24. The SMILES string of the molecule is Nc1ccc2nc(C(=O)NCc3cccc(NC(=O)c4ncn[nH]4)c3)[nH]c(=O)c2c1. The van der Waals surface area contributed by atoms with E-state index in [1.165, 1.54) is 12.4 Å². The molecule has 0 fully saturated rings. The van der Waals surface area contributed by atoms with Crippen molar-refractivity contribution in [2.24, 2.45) is 0 Å². The van der Waals surface area contributed by atoms with Crippen molar-refractivity contribution in [3.05, 3.63) is 76.4 Å². The first-order valence-corrected chi connectivity index (χ1v) is 8.83. The van der Waals surface area contributed by atoms with E-state index in [1.54, 1.807) is 36.4 Å². The molecule has 2 amide bonds. The van der Waals surface area contributed by atoms with Crippen molar-refractivity contribution < 1.29 is 9.59 Å². The molecule has 2 heterocycles. The van der Waals surface area contributed by atoms with Crippen molar-refractivity contribution in [1.29, 1.82) is 0 Å². The van der Waals surface area contributed by atoms with Gasteiger partial charge in [-0.25, -0.2) is 9.97 Å². The molecule has 2 aromatic heterocycles. The number of anilines is 2. The highest BCUT2D eigenvalue weighted by Crippen LogP contribution is 2.13. The molecule has 0 aliphatic carbocycles. The summed E-state index contributed by atoms with van der Waals surface area (Å²) in [6.45, 7) is 0.161. The highest BCUT2D eigenvalue weighted by Gasteiger charge is 2.12. The van der Waals surface area contributed by atoms with Gasteiger partial charge in [-0.2, -0.15) is 5.10 Å². The Hall–Kier alpha value is -4.54. The van der Waals surface area contributed by atoms with Gasteiger partial charge in [0.1, 0.15) is 6.33 Å². The lowest BCUT2D eigenvalue weighted by Crippen LogP contribution is -2.27. The molecule has 30 heavy (non-hydrogen) atoms. The fourth-order valence-electron chi connectivity index (χ4n) is 2.79. The number of aromatic nitrogens is 5. The summed E-state index contributed by atoms with van der Waals surface area (Å²) in [5, 5.41) is 11.8. The second-order valence-corrected chi connectivity index (χ2v) is 6.36. The van der Waals surface area contributed by atoms with Crippen LogP contribution in [0.5, 0.6) is 0 Å². The molecule has 4 aromatic rings. The third-order valence-corrected chi connectivity index (χ3v) is 4.21. The van der Waals surface area contributed by atoms with Crippen LogP contribution in [-0.2, 0) is 6.54 Å². The zero-order valence-corrected chi connectivity index (χ0v) is 15.5. The third-order valence-electron chi connectivity index (χ3n) is 4.21. The topological polar surface area (TPSA) is 172 Å². The number of nitrogens with one attached hydrogen (secondary N) is 4. The lowest BCUT2D eigenvalue weighted by atomic mass is 10.2. The summed E-state index contributed by atoms with van der Waals surface area (Å²) in [5.41, 5.74) is 7.29. The lowest BCUT2D eigenvalue weighted by Gasteiger charge is -2.08. The van der Waals surface area contributed by atoms with Crippen LogP contribution in [0, 0.1) is 0 Å². The monoisotopic (exact) mass is 404 g/mol. The molecule has 11 heteroatoms. The van der Waals surface area contributed by atoms with E-state index in [-0.39, 0.29) is 18.2 Å². The van der Waals surface area contributed by atoms with Crippen LogP contribution in [0.1, 0.15) is 26.8 Å². The Bertz CT molecular complexity index is 1300. The number of hydrogen-bond acceptors (Lipinski definition) is 7. The van der Waals surface area contributed by atoms with E-state index in [9.17, 15) is 14.4 Å². The van der Waals surface area contributed by atoms with Gasteiger partial charge >= 0.3 is 0 Å². The molecule has 0 saturated heterocycles. The van der Waals surface area contributed by atoms with Crippen LogP contribution in [0.2, 0.25) is 0 Å². The van der Waals surface area contributed by atoms with Crippen LogP contribution in [0.25, 0.3) is 10.9 Å². The Morgan fingerprint density at radius 3 is 2.73 bits per heavy atom. The van der Waals surface area contributed by atoms with E-state index in [4.69, 9.17) is 5.73 Å². The van der Waals surface area contributed by atoms with Crippen molar-refractivity contribution in [2.75, 3.05) is 11.1 Å². The van der Waals surface area contributed by atoms with Crippen LogP contribution >= 0.6 is 0 Å². The van der Waals surface area contributed by atoms with Gasteiger partial charge in [0.15, 0.2) is 5.82 Å². The summed E-state index contributed by atoms with van der Waals surface area (Å²) in [6, 6.07) is 11.6. The zero-order chi connectivity index (χ0) is 21.1. The summed E-state index contributed by atoms with van der Waals surface area (Å²) in [7, 11) is 0. The Kier molecular flexibility index (Phi) is 4.91. The number of benzene rings is 2. The van der Waals surface area contributed by atoms with Crippen molar-refractivity contribution in [2.45, 2.75) is 6.54 Å². The van der Waals surface area contributed by atoms with E-state index in [0.29, 0.717) is 22.3 Å². The van der Waals surface area contributed by atoms with Crippen molar-refractivity contribution >= 4 is 34.1 Å². The van der Waals surface area contributed by atoms with Crippen molar-refractivity contribution in [3.8, 4) is 0 Å². The highest BCUT2D eigenvalue weighted by atomic mass is 16.2. The number of rotatable bonds is 5. The van der Waals surface area contributed by atoms with E-state index >= 15 is 0 Å². The van der Waals surface area contributed by atoms with Gasteiger partial charge in [0.2, 0.25) is 5.82 Å². The van der Waals surface area contributed by atoms with Gasteiger partial charge in [0.25, 0.3) is 17.4 Å².